The lowest BCUT2D eigenvalue weighted by Crippen LogP contribution is -2.27. The van der Waals surface area contributed by atoms with Crippen molar-refractivity contribution in [3.8, 4) is 0 Å². The molecule has 112 valence electrons. The van der Waals surface area contributed by atoms with Gasteiger partial charge in [-0.25, -0.2) is 0 Å². The molecule has 0 radical (unpaired) electrons. The van der Waals surface area contributed by atoms with E-state index in [1.807, 2.05) is 12.1 Å². The zero-order valence-corrected chi connectivity index (χ0v) is 13.5. The second kappa shape index (κ2) is 8.23. The van der Waals surface area contributed by atoms with Crippen LogP contribution >= 0.6 is 23.2 Å². The lowest BCUT2D eigenvalue weighted by molar-refractivity contribution is 0.0605. The molecule has 0 aromatic heterocycles. The van der Waals surface area contributed by atoms with Crippen molar-refractivity contribution < 1.29 is 4.74 Å². The van der Waals surface area contributed by atoms with Crippen molar-refractivity contribution in [2.24, 2.45) is 5.92 Å². The number of ether oxygens (including phenoxy) is 1. The molecule has 1 aromatic carbocycles. The highest BCUT2D eigenvalue weighted by molar-refractivity contribution is 6.35. The van der Waals surface area contributed by atoms with Crippen LogP contribution in [-0.4, -0.2) is 19.8 Å². The van der Waals surface area contributed by atoms with E-state index < -0.39 is 0 Å². The topological polar surface area (TPSA) is 21.3 Å². The van der Waals surface area contributed by atoms with Gasteiger partial charge in [0.05, 0.1) is 0 Å². The summed E-state index contributed by atoms with van der Waals surface area (Å²) in [5, 5.41) is 5.08. The molecule has 1 heterocycles. The number of halogens is 2. The maximum atomic E-state index is 6.37. The molecule has 0 amide bonds. The standard InChI is InChI=1S/C16H23Cl2NO/c1-2-7-19-16(10-12-5-8-20-9-6-12)14-4-3-13(17)11-15(14)18/h3-4,11-12,16,19H,2,5-10H2,1H3. The predicted molar refractivity (Wildman–Crippen MR) is 85.7 cm³/mol. The zero-order chi connectivity index (χ0) is 14.4. The summed E-state index contributed by atoms with van der Waals surface area (Å²) in [6.45, 7) is 4.97. The summed E-state index contributed by atoms with van der Waals surface area (Å²) in [7, 11) is 0. The van der Waals surface area contributed by atoms with Crippen molar-refractivity contribution in [3.63, 3.8) is 0 Å². The summed E-state index contributed by atoms with van der Waals surface area (Å²) in [6.07, 6.45) is 4.53. The van der Waals surface area contributed by atoms with Crippen molar-refractivity contribution in [2.75, 3.05) is 19.8 Å². The van der Waals surface area contributed by atoms with Crippen LogP contribution in [0, 0.1) is 5.92 Å². The van der Waals surface area contributed by atoms with Crippen molar-refractivity contribution in [3.05, 3.63) is 33.8 Å². The van der Waals surface area contributed by atoms with Crippen LogP contribution in [-0.2, 0) is 4.74 Å². The van der Waals surface area contributed by atoms with Gasteiger partial charge in [-0.15, -0.1) is 0 Å². The van der Waals surface area contributed by atoms with E-state index in [-0.39, 0.29) is 0 Å². The molecule has 2 rings (SSSR count). The van der Waals surface area contributed by atoms with Gasteiger partial charge in [-0.2, -0.15) is 0 Å². The van der Waals surface area contributed by atoms with Crippen LogP contribution < -0.4 is 5.32 Å². The number of rotatable bonds is 6. The highest BCUT2D eigenvalue weighted by Gasteiger charge is 2.21. The minimum absolute atomic E-state index is 0.308. The minimum Gasteiger partial charge on any atom is -0.381 e. The van der Waals surface area contributed by atoms with Crippen LogP contribution in [0.1, 0.15) is 44.2 Å². The van der Waals surface area contributed by atoms with Crippen LogP contribution in [0.4, 0.5) is 0 Å². The first-order valence-corrected chi connectivity index (χ1v) is 8.22. The number of benzene rings is 1. The van der Waals surface area contributed by atoms with E-state index in [4.69, 9.17) is 27.9 Å². The summed E-state index contributed by atoms with van der Waals surface area (Å²) in [6, 6.07) is 6.12. The molecule has 0 spiro atoms. The highest BCUT2D eigenvalue weighted by atomic mass is 35.5. The fourth-order valence-electron chi connectivity index (χ4n) is 2.74. The average Bonchev–Trinajstić information content (AvgIpc) is 2.45. The van der Waals surface area contributed by atoms with Gasteiger partial charge < -0.3 is 10.1 Å². The molecular formula is C16H23Cl2NO. The Morgan fingerprint density at radius 3 is 2.70 bits per heavy atom. The molecule has 0 saturated carbocycles. The number of nitrogens with one attached hydrogen (secondary N) is 1. The quantitative estimate of drug-likeness (QED) is 0.810. The van der Waals surface area contributed by atoms with Crippen molar-refractivity contribution in [1.29, 1.82) is 0 Å². The molecular weight excluding hydrogens is 293 g/mol. The van der Waals surface area contributed by atoms with Gasteiger partial charge in [0.25, 0.3) is 0 Å². The Bertz CT molecular complexity index is 419. The molecule has 0 bridgehead atoms. The Morgan fingerprint density at radius 1 is 1.30 bits per heavy atom. The third-order valence-electron chi connectivity index (χ3n) is 3.89. The van der Waals surface area contributed by atoms with E-state index >= 15 is 0 Å². The Kier molecular flexibility index (Phi) is 6.63. The Labute approximate surface area is 131 Å². The van der Waals surface area contributed by atoms with Gasteiger partial charge in [-0.1, -0.05) is 36.2 Å². The smallest absolute Gasteiger partial charge is 0.0468 e. The molecule has 1 aliphatic heterocycles. The van der Waals surface area contributed by atoms with E-state index in [0.29, 0.717) is 17.0 Å². The van der Waals surface area contributed by atoms with Gasteiger partial charge in [0.1, 0.15) is 0 Å². The van der Waals surface area contributed by atoms with Crippen molar-refractivity contribution in [2.45, 2.75) is 38.6 Å². The van der Waals surface area contributed by atoms with Gasteiger partial charge in [0, 0.05) is 29.3 Å². The summed E-state index contributed by atoms with van der Waals surface area (Å²) in [5.41, 5.74) is 1.16. The summed E-state index contributed by atoms with van der Waals surface area (Å²) >= 11 is 12.4. The molecule has 0 aliphatic carbocycles. The molecule has 1 fully saturated rings. The largest absolute Gasteiger partial charge is 0.381 e. The van der Waals surface area contributed by atoms with Gasteiger partial charge >= 0.3 is 0 Å². The van der Waals surface area contributed by atoms with Crippen LogP contribution in [0.25, 0.3) is 0 Å². The third-order valence-corrected chi connectivity index (χ3v) is 4.45. The van der Waals surface area contributed by atoms with Gasteiger partial charge in [0.15, 0.2) is 0 Å². The van der Waals surface area contributed by atoms with E-state index in [2.05, 4.69) is 18.3 Å². The van der Waals surface area contributed by atoms with Crippen molar-refractivity contribution in [1.82, 2.24) is 5.32 Å². The van der Waals surface area contributed by atoms with E-state index in [1.54, 1.807) is 0 Å². The molecule has 1 atom stereocenters. The molecule has 1 aliphatic rings. The third kappa shape index (κ3) is 4.63. The molecule has 1 unspecified atom stereocenters. The Morgan fingerprint density at radius 2 is 2.05 bits per heavy atom. The van der Waals surface area contributed by atoms with E-state index in [9.17, 15) is 0 Å². The van der Waals surface area contributed by atoms with E-state index in [1.165, 1.54) is 0 Å². The average molecular weight is 316 g/mol. The molecule has 20 heavy (non-hydrogen) atoms. The van der Waals surface area contributed by atoms with Crippen LogP contribution in [0.5, 0.6) is 0 Å². The first-order chi connectivity index (χ1) is 9.70. The highest BCUT2D eigenvalue weighted by Crippen LogP contribution is 2.32. The summed E-state index contributed by atoms with van der Waals surface area (Å²) in [5.74, 6) is 0.713. The predicted octanol–water partition coefficient (Wildman–Crippen LogP) is 4.85. The summed E-state index contributed by atoms with van der Waals surface area (Å²) < 4.78 is 5.44. The summed E-state index contributed by atoms with van der Waals surface area (Å²) in [4.78, 5) is 0. The van der Waals surface area contributed by atoms with Gasteiger partial charge in [-0.05, 0) is 55.8 Å². The van der Waals surface area contributed by atoms with Crippen LogP contribution in [0.15, 0.2) is 18.2 Å². The number of hydrogen-bond acceptors (Lipinski definition) is 2. The van der Waals surface area contributed by atoms with E-state index in [0.717, 1.165) is 56.0 Å². The lowest BCUT2D eigenvalue weighted by Gasteiger charge is -2.28. The minimum atomic E-state index is 0.308. The molecule has 2 nitrogen and oxygen atoms in total. The zero-order valence-electron chi connectivity index (χ0n) is 12.0. The molecule has 1 saturated heterocycles. The first-order valence-electron chi connectivity index (χ1n) is 7.46. The van der Waals surface area contributed by atoms with Crippen molar-refractivity contribution >= 4 is 23.2 Å². The SMILES string of the molecule is CCCNC(CC1CCOCC1)c1ccc(Cl)cc1Cl. The molecule has 4 heteroatoms. The Balaban J connectivity index is 2.08. The van der Waals surface area contributed by atoms with Gasteiger partial charge in [-0.3, -0.25) is 0 Å². The fraction of sp³-hybridized carbons (Fsp3) is 0.625. The Hall–Kier alpha value is -0.280. The second-order valence-electron chi connectivity index (χ2n) is 5.46. The van der Waals surface area contributed by atoms with Crippen LogP contribution in [0.3, 0.4) is 0 Å². The first kappa shape index (κ1) is 16.1. The molecule has 1 N–H and O–H groups in total. The maximum Gasteiger partial charge on any atom is 0.0468 e. The normalized spacial score (nSPS) is 18.1. The monoisotopic (exact) mass is 315 g/mol. The lowest BCUT2D eigenvalue weighted by atomic mass is 9.89. The van der Waals surface area contributed by atoms with Gasteiger partial charge in [0.2, 0.25) is 0 Å². The molecule has 1 aromatic rings. The maximum absolute atomic E-state index is 6.37. The number of hydrogen-bond donors (Lipinski definition) is 1. The fourth-order valence-corrected chi connectivity index (χ4v) is 3.28. The van der Waals surface area contributed by atoms with Crippen LogP contribution in [0.2, 0.25) is 10.0 Å². The second-order valence-corrected chi connectivity index (χ2v) is 6.31.